The molecule has 1 fully saturated rings. The van der Waals surface area contributed by atoms with Gasteiger partial charge in [0.1, 0.15) is 22.9 Å². The van der Waals surface area contributed by atoms with E-state index in [1.165, 1.54) is 6.07 Å². The predicted octanol–water partition coefficient (Wildman–Crippen LogP) is 2.47. The molecule has 8 heteroatoms. The van der Waals surface area contributed by atoms with Crippen molar-refractivity contribution in [1.82, 2.24) is 15.5 Å². The molecule has 1 heterocycles. The number of carbonyl (C=O) groups excluding carboxylic acids is 1. The van der Waals surface area contributed by atoms with Crippen LogP contribution in [0, 0.1) is 18.6 Å². The number of halogens is 2. The monoisotopic (exact) mass is 294 g/mol. The van der Waals surface area contributed by atoms with Crippen LogP contribution in [0.1, 0.15) is 24.6 Å². The number of anilines is 1. The van der Waals surface area contributed by atoms with E-state index in [4.69, 9.17) is 4.52 Å². The van der Waals surface area contributed by atoms with Crippen LogP contribution in [0.2, 0.25) is 0 Å². The van der Waals surface area contributed by atoms with Crippen molar-refractivity contribution < 1.29 is 18.1 Å². The average molecular weight is 294 g/mol. The van der Waals surface area contributed by atoms with Gasteiger partial charge in [0.2, 0.25) is 0 Å². The second kappa shape index (κ2) is 4.80. The molecule has 1 aliphatic carbocycles. The van der Waals surface area contributed by atoms with Crippen LogP contribution in [0.5, 0.6) is 0 Å². The molecule has 2 N–H and O–H groups in total. The van der Waals surface area contributed by atoms with Gasteiger partial charge in [-0.05, 0) is 31.9 Å². The van der Waals surface area contributed by atoms with E-state index >= 15 is 0 Å². The molecule has 110 valence electrons. The first-order chi connectivity index (χ1) is 10.00. The molecule has 0 bridgehead atoms. The minimum Gasteiger partial charge on any atom is -0.337 e. The Balaban J connectivity index is 1.73. The molecular weight excluding hydrogens is 282 g/mol. The lowest BCUT2D eigenvalue weighted by molar-refractivity contribution is 0.241. The molecule has 0 atom stereocenters. The molecule has 0 radical (unpaired) electrons. The van der Waals surface area contributed by atoms with Gasteiger partial charge in [-0.2, -0.15) is 4.98 Å². The van der Waals surface area contributed by atoms with Crippen LogP contribution in [-0.4, -0.2) is 16.2 Å². The number of nitrogens with one attached hydrogen (secondary N) is 2. The van der Waals surface area contributed by atoms with Gasteiger partial charge in [-0.1, -0.05) is 11.2 Å². The summed E-state index contributed by atoms with van der Waals surface area (Å²) in [6.07, 6.45) is 1.25. The minimum absolute atomic E-state index is 0.296. The number of rotatable bonds is 3. The Kier molecular flexibility index (Phi) is 3.08. The summed E-state index contributed by atoms with van der Waals surface area (Å²) in [4.78, 5) is 16.0. The van der Waals surface area contributed by atoms with Crippen molar-refractivity contribution in [3.63, 3.8) is 0 Å². The Morgan fingerprint density at radius 3 is 2.52 bits per heavy atom. The molecule has 1 aromatic heterocycles. The van der Waals surface area contributed by atoms with Crippen molar-refractivity contribution in [3.8, 4) is 0 Å². The van der Waals surface area contributed by atoms with E-state index in [1.807, 2.05) is 0 Å². The lowest BCUT2D eigenvalue weighted by Gasteiger charge is -2.14. The molecule has 1 saturated carbocycles. The van der Waals surface area contributed by atoms with Crippen molar-refractivity contribution in [1.29, 1.82) is 0 Å². The van der Waals surface area contributed by atoms with Gasteiger partial charge in [-0.15, -0.1) is 0 Å². The minimum atomic E-state index is -0.844. The fourth-order valence-corrected chi connectivity index (χ4v) is 1.99. The number of urea groups is 1. The lowest BCUT2D eigenvalue weighted by Crippen LogP contribution is -2.38. The van der Waals surface area contributed by atoms with E-state index < -0.39 is 28.9 Å². The van der Waals surface area contributed by atoms with Crippen LogP contribution < -0.4 is 10.6 Å². The third-order valence-electron chi connectivity index (χ3n) is 3.24. The number of aromatic nitrogens is 2. The van der Waals surface area contributed by atoms with Crippen molar-refractivity contribution in [2.75, 3.05) is 5.32 Å². The largest absolute Gasteiger partial charge is 0.337 e. The third kappa shape index (κ3) is 2.56. The Morgan fingerprint density at radius 1 is 1.33 bits per heavy atom. The van der Waals surface area contributed by atoms with Crippen LogP contribution in [-0.2, 0) is 5.54 Å². The molecule has 0 spiro atoms. The fraction of sp³-hybridized carbons (Fsp3) is 0.308. The molecular formula is C13H12F2N4O2. The molecule has 21 heavy (non-hydrogen) atoms. The van der Waals surface area contributed by atoms with E-state index in [9.17, 15) is 13.6 Å². The van der Waals surface area contributed by atoms with Crippen LogP contribution >= 0.6 is 0 Å². The van der Waals surface area contributed by atoms with E-state index in [0.717, 1.165) is 12.1 Å². The Labute approximate surface area is 118 Å². The topological polar surface area (TPSA) is 80.0 Å². The summed E-state index contributed by atoms with van der Waals surface area (Å²) in [5.41, 5.74) is -1.24. The number of hydrogen-bond donors (Lipinski definition) is 2. The molecule has 1 aliphatic rings. The maximum atomic E-state index is 13.5. The highest BCUT2D eigenvalue weighted by Gasteiger charge is 2.51. The zero-order valence-corrected chi connectivity index (χ0v) is 11.1. The van der Waals surface area contributed by atoms with Crippen LogP contribution in [0.4, 0.5) is 19.3 Å². The smallest absolute Gasteiger partial charge is 0.320 e. The number of benzene rings is 1. The zero-order valence-electron chi connectivity index (χ0n) is 11.1. The van der Waals surface area contributed by atoms with Gasteiger partial charge in [0, 0.05) is 0 Å². The summed E-state index contributed by atoms with van der Waals surface area (Å²) in [5, 5.41) is 8.45. The number of carbonyl (C=O) groups is 1. The quantitative estimate of drug-likeness (QED) is 0.911. The predicted molar refractivity (Wildman–Crippen MR) is 68.5 cm³/mol. The molecule has 1 aromatic carbocycles. The lowest BCUT2D eigenvalue weighted by atomic mass is 10.2. The maximum absolute atomic E-state index is 13.5. The number of hydrogen-bond acceptors (Lipinski definition) is 4. The summed E-state index contributed by atoms with van der Waals surface area (Å²) in [7, 11) is 0. The van der Waals surface area contributed by atoms with Gasteiger partial charge >= 0.3 is 6.03 Å². The van der Waals surface area contributed by atoms with E-state index in [0.29, 0.717) is 24.6 Å². The van der Waals surface area contributed by atoms with Gasteiger partial charge < -0.3 is 15.2 Å². The molecule has 0 saturated heterocycles. The van der Waals surface area contributed by atoms with Gasteiger partial charge in [0.15, 0.2) is 5.82 Å². The zero-order chi connectivity index (χ0) is 15.0. The maximum Gasteiger partial charge on any atom is 0.320 e. The second-order valence-electron chi connectivity index (χ2n) is 4.90. The Hall–Kier alpha value is -2.51. The molecule has 2 amide bonds. The van der Waals surface area contributed by atoms with Crippen LogP contribution in [0.15, 0.2) is 22.7 Å². The van der Waals surface area contributed by atoms with Crippen LogP contribution in [0.3, 0.4) is 0 Å². The summed E-state index contributed by atoms with van der Waals surface area (Å²) in [5.74, 6) is -0.935. The standard InChI is InChI=1S/C13H12F2N4O2/c1-7-16-11(21-19-7)13(5-6-13)18-12(20)17-10-8(14)3-2-4-9(10)15/h2-4H,5-6H2,1H3,(H2,17,18,20). The van der Waals surface area contributed by atoms with Crippen molar-refractivity contribution in [3.05, 3.63) is 41.5 Å². The molecule has 0 unspecified atom stereocenters. The van der Waals surface area contributed by atoms with Gasteiger partial charge in [-0.3, -0.25) is 0 Å². The first-order valence-electron chi connectivity index (χ1n) is 6.34. The fourth-order valence-electron chi connectivity index (χ4n) is 1.99. The number of nitrogens with zero attached hydrogens (tertiary/aromatic N) is 2. The summed E-state index contributed by atoms with van der Waals surface area (Å²) >= 11 is 0. The van der Waals surface area contributed by atoms with Gasteiger partial charge in [0.25, 0.3) is 5.89 Å². The first kappa shape index (κ1) is 13.5. The number of aryl methyl sites for hydroxylation is 1. The van der Waals surface area contributed by atoms with Crippen molar-refractivity contribution in [2.24, 2.45) is 0 Å². The van der Waals surface area contributed by atoms with Gasteiger partial charge in [-0.25, -0.2) is 13.6 Å². The van der Waals surface area contributed by atoms with Crippen molar-refractivity contribution >= 4 is 11.7 Å². The summed E-state index contributed by atoms with van der Waals surface area (Å²) in [6, 6.07) is 2.62. The van der Waals surface area contributed by atoms with E-state index in [1.54, 1.807) is 6.92 Å². The van der Waals surface area contributed by atoms with Gasteiger partial charge in [0.05, 0.1) is 0 Å². The second-order valence-corrected chi connectivity index (χ2v) is 4.90. The Bertz CT molecular complexity index is 677. The summed E-state index contributed by atoms with van der Waals surface area (Å²) in [6.45, 7) is 1.66. The molecule has 2 aromatic rings. The highest BCUT2D eigenvalue weighted by molar-refractivity contribution is 5.90. The summed E-state index contributed by atoms with van der Waals surface area (Å²) < 4.78 is 32.0. The highest BCUT2D eigenvalue weighted by Crippen LogP contribution is 2.44. The first-order valence-corrected chi connectivity index (χ1v) is 6.34. The average Bonchev–Trinajstić information content (AvgIpc) is 3.07. The Morgan fingerprint density at radius 2 is 2.00 bits per heavy atom. The molecule has 3 rings (SSSR count). The third-order valence-corrected chi connectivity index (χ3v) is 3.24. The van der Waals surface area contributed by atoms with E-state index in [2.05, 4.69) is 20.8 Å². The SMILES string of the molecule is Cc1noc(C2(NC(=O)Nc3c(F)cccc3F)CC2)n1. The molecule has 0 aliphatic heterocycles. The van der Waals surface area contributed by atoms with E-state index in [-0.39, 0.29) is 0 Å². The normalized spacial score (nSPS) is 15.6. The highest BCUT2D eigenvalue weighted by atomic mass is 19.1. The number of para-hydroxylation sites is 1. The van der Waals surface area contributed by atoms with Crippen LogP contribution in [0.25, 0.3) is 0 Å². The molecule has 6 nitrogen and oxygen atoms in total. The number of amides is 2. The van der Waals surface area contributed by atoms with Crippen molar-refractivity contribution in [2.45, 2.75) is 25.3 Å².